The summed E-state index contributed by atoms with van der Waals surface area (Å²) in [5, 5.41) is 0.0722. The second-order valence-corrected chi connectivity index (χ2v) is 4.73. The Kier molecular flexibility index (Phi) is 4.72. The Morgan fingerprint density at radius 1 is 1.61 bits per heavy atom. The third kappa shape index (κ3) is 3.29. The Morgan fingerprint density at radius 3 is 3.22 bits per heavy atom. The average Bonchev–Trinajstić information content (AvgIpc) is 2.39. The van der Waals surface area contributed by atoms with Crippen LogP contribution >= 0.6 is 11.6 Å². The van der Waals surface area contributed by atoms with Crippen molar-refractivity contribution < 1.29 is 9.13 Å². The number of rotatable bonds is 4. The molecule has 0 aliphatic carbocycles. The Bertz CT molecular complexity index is 405. The molecule has 1 saturated heterocycles. The minimum absolute atomic E-state index is 0.0722. The summed E-state index contributed by atoms with van der Waals surface area (Å²) in [4.78, 5) is 9.47. The van der Waals surface area contributed by atoms with Gasteiger partial charge >= 0.3 is 0 Å². The van der Waals surface area contributed by atoms with E-state index in [1.165, 1.54) is 0 Å². The quantitative estimate of drug-likeness (QED) is 0.791. The van der Waals surface area contributed by atoms with E-state index in [0.717, 1.165) is 38.6 Å². The van der Waals surface area contributed by atoms with Gasteiger partial charge in [-0.2, -0.15) is 4.98 Å². The number of piperidine rings is 1. The summed E-state index contributed by atoms with van der Waals surface area (Å²) in [6.45, 7) is 4.25. The third-order valence-corrected chi connectivity index (χ3v) is 3.11. The molecule has 100 valence electrons. The molecule has 6 heteroatoms. The van der Waals surface area contributed by atoms with Crippen LogP contribution < -0.4 is 4.90 Å². The van der Waals surface area contributed by atoms with Gasteiger partial charge in [0.05, 0.1) is 12.3 Å². The molecule has 1 atom stereocenters. The predicted molar refractivity (Wildman–Crippen MR) is 68.5 cm³/mol. The van der Waals surface area contributed by atoms with Gasteiger partial charge in [0.2, 0.25) is 5.28 Å². The molecule has 1 aromatic rings. The Labute approximate surface area is 111 Å². The highest BCUT2D eigenvalue weighted by molar-refractivity contribution is 6.28. The van der Waals surface area contributed by atoms with Gasteiger partial charge in [-0.25, -0.2) is 9.37 Å². The first kappa shape index (κ1) is 13.5. The van der Waals surface area contributed by atoms with Crippen molar-refractivity contribution in [3.8, 4) is 0 Å². The van der Waals surface area contributed by atoms with Crippen molar-refractivity contribution in [2.24, 2.45) is 0 Å². The number of anilines is 1. The minimum Gasteiger partial charge on any atom is -0.376 e. The molecule has 1 unspecified atom stereocenters. The molecule has 1 aliphatic heterocycles. The zero-order valence-electron chi connectivity index (χ0n) is 10.4. The molecule has 18 heavy (non-hydrogen) atoms. The lowest BCUT2D eigenvalue weighted by Gasteiger charge is -2.33. The normalized spacial score (nSPS) is 20.2. The molecule has 0 N–H and O–H groups in total. The SMILES string of the molecule is CCCOC1CCCN(c2nc(Cl)ncc2F)C1. The van der Waals surface area contributed by atoms with Gasteiger partial charge in [0.15, 0.2) is 11.6 Å². The Morgan fingerprint density at radius 2 is 2.44 bits per heavy atom. The zero-order chi connectivity index (χ0) is 13.0. The average molecular weight is 274 g/mol. The van der Waals surface area contributed by atoms with Crippen molar-refractivity contribution in [3.63, 3.8) is 0 Å². The van der Waals surface area contributed by atoms with E-state index < -0.39 is 5.82 Å². The lowest BCUT2D eigenvalue weighted by atomic mass is 10.1. The molecule has 0 amide bonds. The first-order chi connectivity index (χ1) is 8.70. The van der Waals surface area contributed by atoms with Gasteiger partial charge < -0.3 is 9.64 Å². The van der Waals surface area contributed by atoms with Crippen molar-refractivity contribution in [2.45, 2.75) is 32.3 Å². The summed E-state index contributed by atoms with van der Waals surface area (Å²) >= 11 is 5.71. The van der Waals surface area contributed by atoms with E-state index in [4.69, 9.17) is 16.3 Å². The van der Waals surface area contributed by atoms with Crippen LogP contribution in [0.15, 0.2) is 6.20 Å². The van der Waals surface area contributed by atoms with E-state index in [0.29, 0.717) is 6.54 Å². The molecule has 1 aromatic heterocycles. The van der Waals surface area contributed by atoms with Crippen molar-refractivity contribution in [2.75, 3.05) is 24.6 Å². The fourth-order valence-corrected chi connectivity index (χ4v) is 2.24. The monoisotopic (exact) mass is 273 g/mol. The fourth-order valence-electron chi connectivity index (χ4n) is 2.11. The number of halogens is 2. The zero-order valence-corrected chi connectivity index (χ0v) is 11.2. The minimum atomic E-state index is -0.435. The largest absolute Gasteiger partial charge is 0.376 e. The van der Waals surface area contributed by atoms with Gasteiger partial charge in [0.25, 0.3) is 0 Å². The maximum Gasteiger partial charge on any atom is 0.224 e. The van der Waals surface area contributed by atoms with Gasteiger partial charge in [-0.05, 0) is 30.9 Å². The van der Waals surface area contributed by atoms with E-state index in [2.05, 4.69) is 16.9 Å². The summed E-state index contributed by atoms with van der Waals surface area (Å²) in [7, 11) is 0. The van der Waals surface area contributed by atoms with Crippen molar-refractivity contribution in [3.05, 3.63) is 17.3 Å². The van der Waals surface area contributed by atoms with Gasteiger partial charge in [-0.15, -0.1) is 0 Å². The molecule has 0 bridgehead atoms. The van der Waals surface area contributed by atoms with E-state index in [9.17, 15) is 4.39 Å². The van der Waals surface area contributed by atoms with Gasteiger partial charge in [-0.3, -0.25) is 0 Å². The molecule has 2 heterocycles. The van der Waals surface area contributed by atoms with Crippen LogP contribution in [0.2, 0.25) is 5.28 Å². The summed E-state index contributed by atoms with van der Waals surface area (Å²) in [5.74, 6) is -0.157. The number of hydrogen-bond acceptors (Lipinski definition) is 4. The molecule has 0 saturated carbocycles. The molecule has 2 rings (SSSR count). The molecular weight excluding hydrogens is 257 g/mol. The molecule has 4 nitrogen and oxygen atoms in total. The van der Waals surface area contributed by atoms with E-state index in [1.54, 1.807) is 0 Å². The standard InChI is InChI=1S/C12H17ClFN3O/c1-2-6-18-9-4-3-5-17(8-9)11-10(14)7-15-12(13)16-11/h7,9H,2-6,8H2,1H3. The van der Waals surface area contributed by atoms with Crippen LogP contribution in [0.1, 0.15) is 26.2 Å². The van der Waals surface area contributed by atoms with E-state index >= 15 is 0 Å². The topological polar surface area (TPSA) is 38.2 Å². The first-order valence-electron chi connectivity index (χ1n) is 6.25. The van der Waals surface area contributed by atoms with Crippen LogP contribution in [0, 0.1) is 5.82 Å². The van der Waals surface area contributed by atoms with Crippen LogP contribution in [0.4, 0.5) is 10.2 Å². The molecule has 0 spiro atoms. The van der Waals surface area contributed by atoms with Crippen LogP contribution in [0.5, 0.6) is 0 Å². The highest BCUT2D eigenvalue weighted by Crippen LogP contribution is 2.23. The molecule has 1 aliphatic rings. The number of ether oxygens (including phenoxy) is 1. The van der Waals surface area contributed by atoms with E-state index in [1.807, 2.05) is 4.90 Å². The van der Waals surface area contributed by atoms with Crippen LogP contribution in [0.3, 0.4) is 0 Å². The van der Waals surface area contributed by atoms with Gasteiger partial charge in [-0.1, -0.05) is 6.92 Å². The maximum atomic E-state index is 13.7. The molecule has 0 radical (unpaired) electrons. The van der Waals surface area contributed by atoms with Crippen molar-refractivity contribution in [1.29, 1.82) is 0 Å². The van der Waals surface area contributed by atoms with Crippen LogP contribution in [-0.2, 0) is 4.74 Å². The number of nitrogens with zero attached hydrogens (tertiary/aromatic N) is 3. The summed E-state index contributed by atoms with van der Waals surface area (Å²) in [5.41, 5.74) is 0. The van der Waals surface area contributed by atoms with Crippen LogP contribution in [-0.4, -0.2) is 35.8 Å². The highest BCUT2D eigenvalue weighted by atomic mass is 35.5. The molecular formula is C12H17ClFN3O. The second-order valence-electron chi connectivity index (χ2n) is 4.39. The lowest BCUT2D eigenvalue weighted by molar-refractivity contribution is 0.0438. The third-order valence-electron chi connectivity index (χ3n) is 2.93. The summed E-state index contributed by atoms with van der Waals surface area (Å²) in [6, 6.07) is 0. The fraction of sp³-hybridized carbons (Fsp3) is 0.667. The highest BCUT2D eigenvalue weighted by Gasteiger charge is 2.23. The Hall–Kier alpha value is -0.940. The van der Waals surface area contributed by atoms with Crippen molar-refractivity contribution >= 4 is 17.4 Å². The smallest absolute Gasteiger partial charge is 0.224 e. The maximum absolute atomic E-state index is 13.7. The first-order valence-corrected chi connectivity index (χ1v) is 6.63. The predicted octanol–water partition coefficient (Wildman–Crippen LogP) is 2.66. The van der Waals surface area contributed by atoms with E-state index in [-0.39, 0.29) is 17.2 Å². The number of aromatic nitrogens is 2. The van der Waals surface area contributed by atoms with Crippen LogP contribution in [0.25, 0.3) is 0 Å². The Balaban J connectivity index is 2.05. The number of hydrogen-bond donors (Lipinski definition) is 0. The van der Waals surface area contributed by atoms with Gasteiger partial charge in [0, 0.05) is 19.7 Å². The summed E-state index contributed by atoms with van der Waals surface area (Å²) in [6.07, 6.45) is 4.23. The van der Waals surface area contributed by atoms with Gasteiger partial charge in [0.1, 0.15) is 0 Å². The second kappa shape index (κ2) is 6.29. The van der Waals surface area contributed by atoms with Crippen molar-refractivity contribution in [1.82, 2.24) is 9.97 Å². The molecule has 0 aromatic carbocycles. The lowest BCUT2D eigenvalue weighted by Crippen LogP contribution is -2.40. The summed E-state index contributed by atoms with van der Waals surface area (Å²) < 4.78 is 19.4. The molecule has 1 fully saturated rings.